The number of hydrogen-bond acceptors (Lipinski definition) is 6. The fourth-order valence-electron chi connectivity index (χ4n) is 3.43. The molecule has 2 unspecified atom stereocenters. The van der Waals surface area contributed by atoms with Crippen molar-refractivity contribution >= 4 is 28.4 Å². The minimum Gasteiger partial charge on any atom is -0.383 e. The lowest BCUT2D eigenvalue weighted by Crippen LogP contribution is -2.37. The zero-order valence-corrected chi connectivity index (χ0v) is 18.8. The highest BCUT2D eigenvalue weighted by Crippen LogP contribution is 2.31. The van der Waals surface area contributed by atoms with Gasteiger partial charge in [0.05, 0.1) is 12.6 Å². The second-order valence-corrected chi connectivity index (χ2v) is 8.80. The smallest absolute Gasteiger partial charge is 0.238 e. The van der Waals surface area contributed by atoms with E-state index in [1.54, 1.807) is 29.4 Å². The topological polar surface area (TPSA) is 75.4 Å². The number of carbonyl (C=O) groups is 1. The molecule has 0 radical (unpaired) electrons. The third kappa shape index (κ3) is 5.34. The van der Waals surface area contributed by atoms with Gasteiger partial charge in [0.25, 0.3) is 0 Å². The molecule has 3 aromatic rings. The Morgan fingerprint density at radius 2 is 2.06 bits per heavy atom. The molecular formula is C23H25FN6OS. The van der Waals surface area contributed by atoms with E-state index in [4.69, 9.17) is 4.99 Å². The van der Waals surface area contributed by atoms with Gasteiger partial charge in [0.1, 0.15) is 21.8 Å². The third-order valence-corrected chi connectivity index (χ3v) is 6.52. The first-order valence-electron chi connectivity index (χ1n) is 10.4. The number of halogens is 1. The van der Waals surface area contributed by atoms with E-state index in [1.807, 2.05) is 43.0 Å². The van der Waals surface area contributed by atoms with Crippen molar-refractivity contribution in [2.75, 3.05) is 18.9 Å². The van der Waals surface area contributed by atoms with Crippen LogP contribution in [0.3, 0.4) is 0 Å². The fraction of sp³-hybridized carbons (Fsp3) is 0.304. The minimum atomic E-state index is -0.267. The number of aliphatic imine (C=N–C) groups is 1. The Morgan fingerprint density at radius 1 is 1.25 bits per heavy atom. The van der Waals surface area contributed by atoms with Crippen LogP contribution < -0.4 is 5.32 Å². The van der Waals surface area contributed by atoms with Gasteiger partial charge in [-0.05, 0) is 48.9 Å². The molecule has 3 heterocycles. The predicted molar refractivity (Wildman–Crippen MR) is 125 cm³/mol. The maximum Gasteiger partial charge on any atom is 0.238 e. The van der Waals surface area contributed by atoms with Gasteiger partial charge in [0, 0.05) is 44.4 Å². The lowest BCUT2D eigenvalue weighted by atomic mass is 10.2. The molecule has 0 fully saturated rings. The van der Waals surface area contributed by atoms with Gasteiger partial charge in [-0.25, -0.2) is 4.39 Å². The molecule has 0 spiro atoms. The van der Waals surface area contributed by atoms with Crippen molar-refractivity contribution in [2.24, 2.45) is 4.99 Å². The van der Waals surface area contributed by atoms with Crippen molar-refractivity contribution in [2.45, 2.75) is 31.3 Å². The number of rotatable bonds is 8. The molecule has 1 amide bonds. The van der Waals surface area contributed by atoms with E-state index in [1.165, 1.54) is 23.9 Å². The summed E-state index contributed by atoms with van der Waals surface area (Å²) in [4.78, 5) is 23.5. The van der Waals surface area contributed by atoms with E-state index in [0.717, 1.165) is 22.0 Å². The van der Waals surface area contributed by atoms with Crippen LogP contribution in [0.5, 0.6) is 0 Å². The summed E-state index contributed by atoms with van der Waals surface area (Å²) in [6.07, 6.45) is 5.39. The zero-order valence-electron chi connectivity index (χ0n) is 18.0. The molecule has 0 saturated carbocycles. The lowest BCUT2D eigenvalue weighted by molar-refractivity contribution is -0.130. The number of thioether (sulfide) groups is 1. The van der Waals surface area contributed by atoms with E-state index in [-0.39, 0.29) is 23.0 Å². The number of hydrogen-bond donors (Lipinski definition) is 1. The maximum atomic E-state index is 13.0. The number of aromatic nitrogens is 3. The van der Waals surface area contributed by atoms with Crippen LogP contribution in [0.1, 0.15) is 18.2 Å². The first-order chi connectivity index (χ1) is 15.5. The Balaban J connectivity index is 1.31. The van der Waals surface area contributed by atoms with Crippen LogP contribution in [0.15, 0.2) is 66.0 Å². The van der Waals surface area contributed by atoms with Crippen molar-refractivity contribution in [3.05, 3.63) is 78.1 Å². The number of benzene rings is 1. The summed E-state index contributed by atoms with van der Waals surface area (Å²) in [6.45, 7) is 3.79. The molecule has 0 aliphatic carbocycles. The summed E-state index contributed by atoms with van der Waals surface area (Å²) in [6, 6.07) is 11.9. The molecule has 1 aliphatic rings. The Morgan fingerprint density at radius 3 is 2.81 bits per heavy atom. The predicted octanol–water partition coefficient (Wildman–Crippen LogP) is 3.44. The second-order valence-electron chi connectivity index (χ2n) is 7.67. The van der Waals surface area contributed by atoms with Crippen molar-refractivity contribution in [1.29, 1.82) is 0 Å². The number of pyridine rings is 1. The van der Waals surface area contributed by atoms with Crippen LogP contribution in [-0.2, 0) is 17.9 Å². The molecule has 0 bridgehead atoms. The average Bonchev–Trinajstić information content (AvgIpc) is 3.42. The molecule has 1 aliphatic heterocycles. The van der Waals surface area contributed by atoms with Gasteiger partial charge in [-0.2, -0.15) is 5.10 Å². The van der Waals surface area contributed by atoms with Crippen LogP contribution in [0, 0.1) is 5.82 Å². The van der Waals surface area contributed by atoms with E-state index in [9.17, 15) is 9.18 Å². The number of carbonyl (C=O) groups excluding carboxylic acids is 1. The van der Waals surface area contributed by atoms with E-state index in [0.29, 0.717) is 19.6 Å². The SMILES string of the molecule is CC1N=C(c2ccn(CCNc3ccc(F)cc3)n2)SC1C(=O)N(C)Cc1cccnc1. The summed E-state index contributed by atoms with van der Waals surface area (Å²) in [7, 11) is 1.81. The molecule has 0 saturated heterocycles. The minimum absolute atomic E-state index is 0.0491. The molecule has 166 valence electrons. The summed E-state index contributed by atoms with van der Waals surface area (Å²) in [5.41, 5.74) is 2.63. The molecule has 4 rings (SSSR count). The van der Waals surface area contributed by atoms with Gasteiger partial charge in [-0.3, -0.25) is 19.5 Å². The summed E-state index contributed by atoms with van der Waals surface area (Å²) < 4.78 is 14.8. The van der Waals surface area contributed by atoms with Gasteiger partial charge in [-0.1, -0.05) is 17.8 Å². The highest BCUT2D eigenvalue weighted by Gasteiger charge is 2.35. The van der Waals surface area contributed by atoms with Crippen molar-refractivity contribution < 1.29 is 9.18 Å². The standard InChI is InChI=1S/C23H25FN6OS/c1-16-21(23(31)29(2)15-17-4-3-10-25-14-17)32-22(27-16)20-9-12-30(28-20)13-11-26-19-7-5-18(24)6-8-19/h3-10,12,14,16,21,26H,11,13,15H2,1-2H3. The highest BCUT2D eigenvalue weighted by molar-refractivity contribution is 8.15. The van der Waals surface area contributed by atoms with Crippen LogP contribution >= 0.6 is 11.8 Å². The van der Waals surface area contributed by atoms with Gasteiger partial charge >= 0.3 is 0 Å². The van der Waals surface area contributed by atoms with E-state index < -0.39 is 0 Å². The molecule has 9 heteroatoms. The van der Waals surface area contributed by atoms with E-state index >= 15 is 0 Å². The molecule has 2 atom stereocenters. The lowest BCUT2D eigenvalue weighted by Gasteiger charge is -2.22. The van der Waals surface area contributed by atoms with Gasteiger partial charge < -0.3 is 10.2 Å². The summed E-state index contributed by atoms with van der Waals surface area (Å²) >= 11 is 1.47. The average molecular weight is 453 g/mol. The third-order valence-electron chi connectivity index (χ3n) is 5.13. The van der Waals surface area contributed by atoms with Gasteiger partial charge in [0.2, 0.25) is 5.91 Å². The molecule has 1 aromatic carbocycles. The quantitative estimate of drug-likeness (QED) is 0.567. The van der Waals surface area contributed by atoms with E-state index in [2.05, 4.69) is 15.4 Å². The van der Waals surface area contributed by atoms with Crippen LogP contribution in [0.2, 0.25) is 0 Å². The summed E-state index contributed by atoms with van der Waals surface area (Å²) in [5, 5.41) is 8.37. The molecule has 2 aromatic heterocycles. The fourth-order valence-corrected chi connectivity index (χ4v) is 4.66. The first kappa shape index (κ1) is 22.0. The number of nitrogens with zero attached hydrogens (tertiary/aromatic N) is 5. The van der Waals surface area contributed by atoms with Gasteiger partial charge in [0.15, 0.2) is 0 Å². The van der Waals surface area contributed by atoms with Crippen molar-refractivity contribution in [1.82, 2.24) is 19.7 Å². The Hall–Kier alpha value is -3.20. The van der Waals surface area contributed by atoms with Gasteiger partial charge in [-0.15, -0.1) is 0 Å². The molecule has 7 nitrogen and oxygen atoms in total. The molecule has 1 N–H and O–H groups in total. The largest absolute Gasteiger partial charge is 0.383 e. The highest BCUT2D eigenvalue weighted by atomic mass is 32.2. The van der Waals surface area contributed by atoms with Crippen LogP contribution in [0.25, 0.3) is 0 Å². The second kappa shape index (κ2) is 9.95. The number of nitrogens with one attached hydrogen (secondary N) is 1. The Bertz CT molecular complexity index is 1090. The Labute approximate surface area is 190 Å². The molecule has 32 heavy (non-hydrogen) atoms. The zero-order chi connectivity index (χ0) is 22.5. The van der Waals surface area contributed by atoms with Crippen molar-refractivity contribution in [3.63, 3.8) is 0 Å². The van der Waals surface area contributed by atoms with Crippen molar-refractivity contribution in [3.8, 4) is 0 Å². The Kier molecular flexibility index (Phi) is 6.84. The monoisotopic (exact) mass is 452 g/mol. The maximum absolute atomic E-state index is 13.0. The van der Waals surface area contributed by atoms with Crippen LogP contribution in [0.4, 0.5) is 10.1 Å². The number of anilines is 1. The van der Waals surface area contributed by atoms with Crippen LogP contribution in [-0.4, -0.2) is 55.5 Å². The number of amides is 1. The first-order valence-corrected chi connectivity index (χ1v) is 11.3. The summed E-state index contributed by atoms with van der Waals surface area (Å²) in [5.74, 6) is -0.204. The normalized spacial score (nSPS) is 17.8. The molecular weight excluding hydrogens is 427 g/mol.